The van der Waals surface area contributed by atoms with E-state index in [1.165, 1.54) is 0 Å². The van der Waals surface area contributed by atoms with Crippen LogP contribution in [0.1, 0.15) is 66.7 Å². The molecule has 6 rings (SSSR count). The molecule has 1 unspecified atom stereocenters. The topological polar surface area (TPSA) is 104 Å². The van der Waals surface area contributed by atoms with Crippen LogP contribution in [0.15, 0.2) is 85.1 Å². The lowest BCUT2D eigenvalue weighted by Crippen LogP contribution is -2.33. The third kappa shape index (κ3) is 6.31. The number of carbonyl (C=O) groups is 2. The molecular formula is C36H40N6O2. The largest absolute Gasteiger partial charge is 0.361 e. The fourth-order valence-electron chi connectivity index (χ4n) is 5.97. The highest BCUT2D eigenvalue weighted by Crippen LogP contribution is 2.35. The maximum absolute atomic E-state index is 14.0. The predicted molar refractivity (Wildman–Crippen MR) is 177 cm³/mol. The number of amides is 2. The molecule has 44 heavy (non-hydrogen) atoms. The molecule has 2 aromatic heterocycles. The molecule has 0 bridgehead atoms. The van der Waals surface area contributed by atoms with Gasteiger partial charge in [0.25, 0.3) is 0 Å². The van der Waals surface area contributed by atoms with E-state index in [0.29, 0.717) is 11.5 Å². The van der Waals surface area contributed by atoms with Gasteiger partial charge in [0.2, 0.25) is 0 Å². The Labute approximate surface area is 258 Å². The maximum atomic E-state index is 14.0. The van der Waals surface area contributed by atoms with E-state index in [9.17, 15) is 9.59 Å². The highest BCUT2D eigenvalue weighted by atomic mass is 16.2. The van der Waals surface area contributed by atoms with Crippen molar-refractivity contribution in [2.24, 2.45) is 5.92 Å². The SMILES string of the molecule is Cc1ccc(-n2nc(C(C)(C)C)cc2NC(=O)Nc2ccc(C(C(=O)c3ccc4[nH]ccc4c3)C3CCNCC3)cc2)cc1. The number of rotatable bonds is 7. The number of aryl methyl sites for hydroxylation is 1. The van der Waals surface area contributed by atoms with Gasteiger partial charge in [0.05, 0.1) is 17.3 Å². The molecule has 0 aliphatic carbocycles. The van der Waals surface area contributed by atoms with Crippen LogP contribution in [0.4, 0.5) is 16.3 Å². The van der Waals surface area contributed by atoms with Crippen LogP contribution in [0.25, 0.3) is 16.6 Å². The van der Waals surface area contributed by atoms with E-state index in [4.69, 9.17) is 5.10 Å². The summed E-state index contributed by atoms with van der Waals surface area (Å²) in [5.41, 5.74) is 6.07. The summed E-state index contributed by atoms with van der Waals surface area (Å²) in [7, 11) is 0. The summed E-state index contributed by atoms with van der Waals surface area (Å²) in [5.74, 6) is 0.712. The Bertz CT molecular complexity index is 1770. The van der Waals surface area contributed by atoms with Gasteiger partial charge in [-0.2, -0.15) is 5.10 Å². The van der Waals surface area contributed by atoms with E-state index in [-0.39, 0.29) is 29.1 Å². The van der Waals surface area contributed by atoms with E-state index < -0.39 is 0 Å². The van der Waals surface area contributed by atoms with Crippen molar-refractivity contribution in [1.82, 2.24) is 20.1 Å². The number of aromatic amines is 1. The van der Waals surface area contributed by atoms with Gasteiger partial charge in [-0.3, -0.25) is 10.1 Å². The Hall–Kier alpha value is -4.69. The van der Waals surface area contributed by atoms with Crippen molar-refractivity contribution >= 4 is 34.2 Å². The highest BCUT2D eigenvalue weighted by Gasteiger charge is 2.32. The molecule has 0 saturated carbocycles. The number of anilines is 2. The Morgan fingerprint density at radius 3 is 2.34 bits per heavy atom. The lowest BCUT2D eigenvalue weighted by Gasteiger charge is -2.30. The molecule has 1 aliphatic heterocycles. The van der Waals surface area contributed by atoms with E-state index in [0.717, 1.165) is 64.9 Å². The number of hydrogen-bond acceptors (Lipinski definition) is 4. The van der Waals surface area contributed by atoms with Gasteiger partial charge in [0, 0.05) is 39.8 Å². The number of hydrogen-bond donors (Lipinski definition) is 4. The first-order valence-electron chi connectivity index (χ1n) is 15.3. The highest BCUT2D eigenvalue weighted by molar-refractivity contribution is 6.04. The lowest BCUT2D eigenvalue weighted by molar-refractivity contribution is 0.0916. The van der Waals surface area contributed by atoms with Crippen LogP contribution in [-0.2, 0) is 5.41 Å². The summed E-state index contributed by atoms with van der Waals surface area (Å²) in [6.07, 6.45) is 3.78. The average Bonchev–Trinajstić information content (AvgIpc) is 3.66. The second-order valence-corrected chi connectivity index (χ2v) is 12.8. The first-order chi connectivity index (χ1) is 21.2. The number of H-pyrrole nitrogens is 1. The van der Waals surface area contributed by atoms with Gasteiger partial charge in [-0.05, 0) is 92.9 Å². The zero-order valence-electron chi connectivity index (χ0n) is 25.8. The van der Waals surface area contributed by atoms with Crippen molar-refractivity contribution in [1.29, 1.82) is 0 Å². The van der Waals surface area contributed by atoms with Crippen molar-refractivity contribution in [2.45, 2.75) is 51.9 Å². The Balaban J connectivity index is 1.21. The molecule has 4 N–H and O–H groups in total. The molecule has 3 heterocycles. The first kappa shape index (κ1) is 29.4. The molecule has 1 fully saturated rings. The zero-order valence-corrected chi connectivity index (χ0v) is 25.8. The molecule has 0 radical (unpaired) electrons. The van der Waals surface area contributed by atoms with Crippen LogP contribution in [0, 0.1) is 12.8 Å². The number of benzene rings is 3. The fraction of sp³-hybridized carbons (Fsp3) is 0.306. The molecule has 3 aromatic carbocycles. The number of fused-ring (bicyclic) bond motifs is 1. The first-order valence-corrected chi connectivity index (χ1v) is 15.3. The maximum Gasteiger partial charge on any atom is 0.324 e. The van der Waals surface area contributed by atoms with Crippen molar-refractivity contribution in [3.8, 4) is 5.69 Å². The molecule has 1 saturated heterocycles. The standard InChI is InChI=1S/C36H40N6O2/c1-23-5-12-29(13-6-23)42-32(22-31(41-42)36(2,3)4)40-35(44)39-28-10-7-24(8-11-28)33(25-15-18-37-19-16-25)34(43)27-9-14-30-26(21-27)17-20-38-30/h5-14,17,20-22,25,33,37-38H,15-16,18-19H2,1-4H3,(H2,39,40,44). The molecule has 1 aliphatic rings. The Morgan fingerprint density at radius 1 is 0.909 bits per heavy atom. The molecule has 2 amide bonds. The summed E-state index contributed by atoms with van der Waals surface area (Å²) < 4.78 is 1.77. The molecule has 5 aromatic rings. The fourth-order valence-corrected chi connectivity index (χ4v) is 5.97. The van der Waals surface area contributed by atoms with E-state index in [1.807, 2.05) is 92.0 Å². The van der Waals surface area contributed by atoms with Crippen LogP contribution in [0.5, 0.6) is 0 Å². The van der Waals surface area contributed by atoms with E-state index in [2.05, 4.69) is 41.7 Å². The van der Waals surface area contributed by atoms with Gasteiger partial charge in [-0.15, -0.1) is 0 Å². The minimum absolute atomic E-state index is 0.137. The third-order valence-corrected chi connectivity index (χ3v) is 8.50. The van der Waals surface area contributed by atoms with Gasteiger partial charge in [-0.1, -0.05) is 50.6 Å². The number of carbonyl (C=O) groups excluding carboxylic acids is 2. The van der Waals surface area contributed by atoms with Crippen LogP contribution in [0.2, 0.25) is 0 Å². The molecule has 0 spiro atoms. The molecule has 8 nitrogen and oxygen atoms in total. The van der Waals surface area contributed by atoms with Crippen LogP contribution in [0.3, 0.4) is 0 Å². The third-order valence-electron chi connectivity index (χ3n) is 8.50. The normalized spacial score (nSPS) is 14.8. The van der Waals surface area contributed by atoms with E-state index >= 15 is 0 Å². The smallest absolute Gasteiger partial charge is 0.324 e. The quantitative estimate of drug-likeness (QED) is 0.147. The summed E-state index contributed by atoms with van der Waals surface area (Å²) in [5, 5.41) is 15.2. The summed E-state index contributed by atoms with van der Waals surface area (Å²) in [6, 6.07) is 25.2. The van der Waals surface area contributed by atoms with Gasteiger partial charge >= 0.3 is 6.03 Å². The van der Waals surface area contributed by atoms with Crippen molar-refractivity contribution in [3.05, 3.63) is 107 Å². The predicted octanol–water partition coefficient (Wildman–Crippen LogP) is 7.57. The Morgan fingerprint density at radius 2 is 1.64 bits per heavy atom. The number of nitrogens with one attached hydrogen (secondary N) is 4. The number of aromatic nitrogens is 3. The van der Waals surface area contributed by atoms with E-state index in [1.54, 1.807) is 4.68 Å². The van der Waals surface area contributed by atoms with Crippen LogP contribution < -0.4 is 16.0 Å². The van der Waals surface area contributed by atoms with Crippen molar-refractivity contribution in [3.63, 3.8) is 0 Å². The number of urea groups is 1. The molecule has 226 valence electrons. The van der Waals surface area contributed by atoms with Gasteiger partial charge in [0.15, 0.2) is 5.78 Å². The average molecular weight is 589 g/mol. The second-order valence-electron chi connectivity index (χ2n) is 12.8. The van der Waals surface area contributed by atoms with Crippen LogP contribution in [-0.4, -0.2) is 39.7 Å². The summed E-state index contributed by atoms with van der Waals surface area (Å²) in [4.78, 5) is 30.4. The summed E-state index contributed by atoms with van der Waals surface area (Å²) in [6.45, 7) is 10.1. The zero-order chi connectivity index (χ0) is 30.8. The minimum Gasteiger partial charge on any atom is -0.361 e. The van der Waals surface area contributed by atoms with Gasteiger partial charge in [-0.25, -0.2) is 9.48 Å². The molecule has 8 heteroatoms. The molecule has 1 atom stereocenters. The van der Waals surface area contributed by atoms with Gasteiger partial charge < -0.3 is 15.6 Å². The van der Waals surface area contributed by atoms with Gasteiger partial charge in [0.1, 0.15) is 5.82 Å². The number of ketones is 1. The van der Waals surface area contributed by atoms with Crippen LogP contribution >= 0.6 is 0 Å². The second kappa shape index (κ2) is 12.1. The monoisotopic (exact) mass is 588 g/mol. The number of Topliss-reactive ketones (excluding diaryl/α,β-unsaturated/α-hetero) is 1. The Kier molecular flexibility index (Phi) is 8.10. The molecular weight excluding hydrogens is 548 g/mol. The number of piperidine rings is 1. The lowest BCUT2D eigenvalue weighted by atomic mass is 9.76. The van der Waals surface area contributed by atoms with Crippen molar-refractivity contribution < 1.29 is 9.59 Å². The van der Waals surface area contributed by atoms with Crippen molar-refractivity contribution in [2.75, 3.05) is 23.7 Å². The minimum atomic E-state index is -0.364. The number of nitrogens with zero attached hydrogens (tertiary/aromatic N) is 2. The summed E-state index contributed by atoms with van der Waals surface area (Å²) >= 11 is 0.